The van der Waals surface area contributed by atoms with Crippen molar-refractivity contribution in [2.45, 2.75) is 32.2 Å². The monoisotopic (exact) mass is 208 g/mol. The molecule has 2 aliphatic rings. The minimum absolute atomic E-state index is 0.139. The molecule has 1 aliphatic heterocycles. The van der Waals surface area contributed by atoms with Crippen LogP contribution < -0.4 is 0 Å². The first-order valence-electron chi connectivity index (χ1n) is 4.79. The Labute approximate surface area is 87.2 Å². The van der Waals surface area contributed by atoms with E-state index in [1.54, 1.807) is 6.08 Å². The molecule has 1 heterocycles. The number of Topliss-reactive ketones (excluding diaryl/α,β-unsaturated/α-hetero) is 1. The summed E-state index contributed by atoms with van der Waals surface area (Å²) in [6, 6.07) is 0. The van der Waals surface area contributed by atoms with Crippen molar-refractivity contribution < 1.29 is 19.4 Å². The number of rotatable bonds is 2. The second-order valence-corrected chi connectivity index (χ2v) is 4.03. The highest BCUT2D eigenvalue weighted by Crippen LogP contribution is 2.32. The van der Waals surface area contributed by atoms with Crippen molar-refractivity contribution in [3.8, 4) is 0 Å². The zero-order chi connectivity index (χ0) is 11.2. The minimum atomic E-state index is -1.00. The molecule has 0 spiro atoms. The average Bonchev–Trinajstić information content (AvgIpc) is 2.89. The second-order valence-electron chi connectivity index (χ2n) is 4.03. The summed E-state index contributed by atoms with van der Waals surface area (Å²) < 4.78 is 4.90. The highest BCUT2D eigenvalue weighted by molar-refractivity contribution is 6.16. The van der Waals surface area contributed by atoms with E-state index < -0.39 is 18.3 Å². The number of carbonyl (C=O) groups excluding carboxylic acids is 2. The van der Waals surface area contributed by atoms with Crippen LogP contribution in [0, 0.1) is 0 Å². The van der Waals surface area contributed by atoms with Crippen LogP contribution in [0.25, 0.3) is 0 Å². The van der Waals surface area contributed by atoms with Crippen LogP contribution in [-0.2, 0) is 14.3 Å². The maximum absolute atomic E-state index is 11.6. The fourth-order valence-corrected chi connectivity index (χ4v) is 1.64. The molecule has 1 N–H and O–H groups in total. The summed E-state index contributed by atoms with van der Waals surface area (Å²) in [5, 5.41) is 9.70. The molecule has 80 valence electrons. The van der Waals surface area contributed by atoms with Crippen LogP contribution in [0.5, 0.6) is 0 Å². The molecule has 15 heavy (non-hydrogen) atoms. The summed E-state index contributed by atoms with van der Waals surface area (Å²) in [6.45, 7) is 3.63. The molecule has 0 saturated carbocycles. The van der Waals surface area contributed by atoms with Gasteiger partial charge in [-0.15, -0.1) is 0 Å². The Morgan fingerprint density at radius 1 is 1.47 bits per heavy atom. The molecule has 4 nitrogen and oxygen atoms in total. The van der Waals surface area contributed by atoms with Gasteiger partial charge in [-0.2, -0.15) is 0 Å². The fourth-order valence-electron chi connectivity index (χ4n) is 1.64. The van der Waals surface area contributed by atoms with E-state index in [2.05, 4.69) is 0 Å². The maximum Gasteiger partial charge on any atom is 0.193 e. The topological polar surface area (TPSA) is 66.9 Å². The lowest BCUT2D eigenvalue weighted by Crippen LogP contribution is -2.28. The molecule has 4 heteroatoms. The zero-order valence-electron chi connectivity index (χ0n) is 8.56. The highest BCUT2D eigenvalue weighted by atomic mass is 16.6. The first-order chi connectivity index (χ1) is 7.00. The molecule has 0 bridgehead atoms. The number of hydrogen-bond acceptors (Lipinski definition) is 4. The molecule has 0 aromatic heterocycles. The van der Waals surface area contributed by atoms with Crippen molar-refractivity contribution in [2.24, 2.45) is 0 Å². The quantitative estimate of drug-likeness (QED) is 0.518. The molecular formula is C11H12O4. The summed E-state index contributed by atoms with van der Waals surface area (Å²) in [5.74, 6) is -0.500. The van der Waals surface area contributed by atoms with Gasteiger partial charge < -0.3 is 9.84 Å². The van der Waals surface area contributed by atoms with Crippen LogP contribution in [0.3, 0.4) is 0 Å². The maximum atomic E-state index is 11.6. The number of aliphatic hydroxyl groups excluding tert-OH is 1. The Morgan fingerprint density at radius 3 is 2.73 bits per heavy atom. The number of aliphatic hydroxyl groups is 1. The van der Waals surface area contributed by atoms with E-state index in [0.29, 0.717) is 0 Å². The Morgan fingerprint density at radius 2 is 2.13 bits per heavy atom. The average molecular weight is 208 g/mol. The molecule has 0 unspecified atom stereocenters. The molecule has 1 fully saturated rings. The third-order valence-electron chi connectivity index (χ3n) is 2.42. The third-order valence-corrected chi connectivity index (χ3v) is 2.42. The van der Waals surface area contributed by atoms with Gasteiger partial charge in [-0.1, -0.05) is 11.6 Å². The van der Waals surface area contributed by atoms with Gasteiger partial charge in [0, 0.05) is 5.57 Å². The van der Waals surface area contributed by atoms with Gasteiger partial charge in [0.1, 0.15) is 6.10 Å². The molecular weight excluding hydrogens is 196 g/mol. The number of ketones is 2. The predicted molar refractivity (Wildman–Crippen MR) is 52.2 cm³/mol. The Balaban J connectivity index is 2.25. The van der Waals surface area contributed by atoms with Crippen molar-refractivity contribution >= 4 is 11.6 Å². The number of ether oxygens (including phenoxy) is 1. The van der Waals surface area contributed by atoms with E-state index in [0.717, 1.165) is 5.57 Å². The third kappa shape index (κ3) is 1.78. The Kier molecular flexibility index (Phi) is 2.32. The lowest BCUT2D eigenvalue weighted by Gasteiger charge is -2.12. The van der Waals surface area contributed by atoms with Gasteiger partial charge in [0.25, 0.3) is 0 Å². The van der Waals surface area contributed by atoms with Gasteiger partial charge in [0.05, 0.1) is 0 Å². The van der Waals surface area contributed by atoms with Crippen LogP contribution in [0.15, 0.2) is 23.3 Å². The fraction of sp³-hybridized carbons (Fsp3) is 0.455. The first-order valence-corrected chi connectivity index (χ1v) is 4.79. The van der Waals surface area contributed by atoms with E-state index in [9.17, 15) is 14.7 Å². The number of fused-ring (bicyclic) bond motifs is 1. The molecule has 1 aliphatic carbocycles. The summed E-state index contributed by atoms with van der Waals surface area (Å²) in [7, 11) is 0. The molecule has 1 saturated heterocycles. The van der Waals surface area contributed by atoms with Crippen molar-refractivity contribution in [1.82, 2.24) is 0 Å². The zero-order valence-corrected chi connectivity index (χ0v) is 8.56. The van der Waals surface area contributed by atoms with E-state index in [1.165, 1.54) is 6.08 Å². The van der Waals surface area contributed by atoms with Crippen molar-refractivity contribution in [1.29, 1.82) is 0 Å². The van der Waals surface area contributed by atoms with Gasteiger partial charge in [0.2, 0.25) is 0 Å². The largest absolute Gasteiger partial charge is 0.384 e. The minimum Gasteiger partial charge on any atom is -0.384 e. The summed E-state index contributed by atoms with van der Waals surface area (Å²) in [6.07, 6.45) is 0.509. The highest BCUT2D eigenvalue weighted by Gasteiger charge is 2.53. The van der Waals surface area contributed by atoms with Crippen LogP contribution >= 0.6 is 0 Å². The van der Waals surface area contributed by atoms with Gasteiger partial charge in [-0.05, 0) is 19.9 Å². The number of hydrogen-bond donors (Lipinski definition) is 1. The van der Waals surface area contributed by atoms with E-state index in [4.69, 9.17) is 4.74 Å². The second kappa shape index (κ2) is 3.40. The van der Waals surface area contributed by atoms with E-state index in [-0.39, 0.29) is 17.1 Å². The number of carbonyl (C=O) groups is 2. The lowest BCUT2D eigenvalue weighted by atomic mass is 9.92. The van der Waals surface area contributed by atoms with Gasteiger partial charge >= 0.3 is 0 Å². The number of epoxide rings is 1. The summed E-state index contributed by atoms with van der Waals surface area (Å²) in [5.41, 5.74) is 1.03. The molecule has 2 rings (SSSR count). The van der Waals surface area contributed by atoms with Crippen molar-refractivity contribution in [3.63, 3.8) is 0 Å². The first kappa shape index (κ1) is 10.3. The molecule has 0 aromatic carbocycles. The van der Waals surface area contributed by atoms with Gasteiger partial charge in [-0.25, -0.2) is 0 Å². The van der Waals surface area contributed by atoms with E-state index in [1.807, 2.05) is 13.8 Å². The molecule has 0 aromatic rings. The van der Waals surface area contributed by atoms with Gasteiger partial charge in [-0.3, -0.25) is 9.59 Å². The SMILES string of the molecule is CC(C)=C[C@@H](O)C1=CC(=O)[C@@H]2O[C@@H]2C1=O. The Bertz CT molecular complexity index is 387. The smallest absolute Gasteiger partial charge is 0.193 e. The van der Waals surface area contributed by atoms with Gasteiger partial charge in [0.15, 0.2) is 23.8 Å². The molecule has 0 amide bonds. The summed E-state index contributed by atoms with van der Waals surface area (Å²) >= 11 is 0. The van der Waals surface area contributed by atoms with Crippen LogP contribution in [0.4, 0.5) is 0 Å². The molecule has 3 atom stereocenters. The number of allylic oxidation sites excluding steroid dienone is 1. The summed E-state index contributed by atoms with van der Waals surface area (Å²) in [4.78, 5) is 22.9. The van der Waals surface area contributed by atoms with Crippen LogP contribution in [-0.4, -0.2) is 35.0 Å². The van der Waals surface area contributed by atoms with Crippen molar-refractivity contribution in [3.05, 3.63) is 23.3 Å². The van der Waals surface area contributed by atoms with E-state index >= 15 is 0 Å². The van der Waals surface area contributed by atoms with Crippen LogP contribution in [0.1, 0.15) is 13.8 Å². The predicted octanol–water partition coefficient (Wildman–Crippen LogP) is 0.159. The lowest BCUT2D eigenvalue weighted by molar-refractivity contribution is -0.120. The van der Waals surface area contributed by atoms with Crippen LogP contribution in [0.2, 0.25) is 0 Å². The Hall–Kier alpha value is -1.26. The van der Waals surface area contributed by atoms with Crippen molar-refractivity contribution in [2.75, 3.05) is 0 Å². The molecule has 0 radical (unpaired) electrons. The normalized spacial score (nSPS) is 30.5. The standard InChI is InChI=1S/C11H12O4/c1-5(2)3-7(12)6-4-8(13)10-11(15-10)9(6)14/h3-4,7,10-12H,1-2H3/t7-,10+,11-/m1/s1.